The van der Waals surface area contributed by atoms with E-state index in [9.17, 15) is 4.79 Å². The van der Waals surface area contributed by atoms with Crippen molar-refractivity contribution in [2.45, 2.75) is 32.7 Å². The van der Waals surface area contributed by atoms with Crippen molar-refractivity contribution >= 4 is 17.5 Å². The number of halogens is 1. The Hall–Kier alpha value is -2.89. The van der Waals surface area contributed by atoms with Gasteiger partial charge in [-0.3, -0.25) is 4.79 Å². The number of nitrogens with one attached hydrogen (secondary N) is 1. The molecule has 0 saturated carbocycles. The summed E-state index contributed by atoms with van der Waals surface area (Å²) in [5.74, 6) is 1.54. The molecule has 10 nitrogen and oxygen atoms in total. The van der Waals surface area contributed by atoms with Crippen LogP contribution in [0.1, 0.15) is 38.3 Å². The second kappa shape index (κ2) is 7.66. The number of aromatic nitrogens is 4. The van der Waals surface area contributed by atoms with E-state index in [4.69, 9.17) is 18.6 Å². The summed E-state index contributed by atoms with van der Waals surface area (Å²) in [6.45, 7) is 4.28. The van der Waals surface area contributed by atoms with E-state index >= 15 is 0 Å². The van der Waals surface area contributed by atoms with Gasteiger partial charge in [0, 0.05) is 25.2 Å². The number of hydrogen-bond acceptors (Lipinski definition) is 8. The van der Waals surface area contributed by atoms with Crippen LogP contribution in [0, 0.1) is 15.7 Å². The normalized spacial score (nSPS) is 19.8. The number of fused-ring (bicyclic) bond motifs is 3. The van der Waals surface area contributed by atoms with Crippen LogP contribution in [-0.2, 0) is 4.79 Å². The first-order chi connectivity index (χ1) is 14.5. The quantitative estimate of drug-likeness (QED) is 0.418. The van der Waals surface area contributed by atoms with Gasteiger partial charge in [0.25, 0.3) is 0 Å². The number of anilines is 1. The molecule has 5 rings (SSSR count). The molecule has 0 amide bonds. The summed E-state index contributed by atoms with van der Waals surface area (Å²) in [4.78, 5) is 22.2. The number of ketones is 1. The molecular weight excluding hydrogens is 426 g/mol. The second-order valence-electron chi connectivity index (χ2n) is 8.19. The van der Waals surface area contributed by atoms with Gasteiger partial charge in [-0.25, -0.2) is 28.9 Å². The van der Waals surface area contributed by atoms with E-state index in [2.05, 4.69) is 41.3 Å². The largest absolute Gasteiger partial charge is 0.419 e. The lowest BCUT2D eigenvalue weighted by molar-refractivity contribution is -2.00. The molecule has 0 unspecified atom stereocenters. The van der Waals surface area contributed by atoms with Gasteiger partial charge in [0.05, 0.1) is 11.3 Å². The Morgan fingerprint density at radius 1 is 1.13 bits per heavy atom. The average Bonchev–Trinajstić information content (AvgIpc) is 3.02. The van der Waals surface area contributed by atoms with Gasteiger partial charge >= 0.3 is 11.7 Å². The molecule has 3 aromatic rings. The summed E-state index contributed by atoms with van der Waals surface area (Å²) in [7, 11) is -4.94. The van der Waals surface area contributed by atoms with Crippen LogP contribution in [-0.4, -0.2) is 20.3 Å². The number of hydrogen-bond donors (Lipinski definition) is 1. The van der Waals surface area contributed by atoms with E-state index < -0.39 is 10.2 Å². The van der Waals surface area contributed by atoms with Crippen molar-refractivity contribution < 1.29 is 38.4 Å². The molecule has 11 heteroatoms. The molecule has 2 aliphatic rings. The van der Waals surface area contributed by atoms with Crippen molar-refractivity contribution in [3.63, 3.8) is 0 Å². The van der Waals surface area contributed by atoms with Crippen LogP contribution < -0.4 is 28.6 Å². The highest BCUT2D eigenvalue weighted by molar-refractivity contribution is 5.99. The molecule has 1 aliphatic carbocycles. The Balaban J connectivity index is 0.000000418. The lowest BCUT2D eigenvalue weighted by Gasteiger charge is -2.35. The number of carbonyl (C=O) groups is 1. The fourth-order valence-corrected chi connectivity index (χ4v) is 4.15. The van der Waals surface area contributed by atoms with Gasteiger partial charge in [-0.15, -0.1) is 14.9 Å². The molecule has 31 heavy (non-hydrogen) atoms. The molecule has 0 spiro atoms. The highest BCUT2D eigenvalue weighted by Crippen LogP contribution is 2.42. The third-order valence-electron chi connectivity index (χ3n) is 5.18. The van der Waals surface area contributed by atoms with Crippen LogP contribution in [0.4, 0.5) is 5.95 Å². The lowest BCUT2D eigenvalue weighted by Crippen LogP contribution is -2.68. The minimum atomic E-state index is -4.94. The zero-order valence-electron chi connectivity index (χ0n) is 16.8. The standard InChI is InChI=1S/C20H19N5O.ClHO4/c1-20(2)11-14-16(15(26)12-20)17(13-7-4-3-5-8-13)25-19(22-14)23-18-21-9-6-10-24(18)25;2-1(3,4)5/h3-10,17H,11-12H2,1-2H3;(H,2,3,4,5)/t17-;/m0./s1. The summed E-state index contributed by atoms with van der Waals surface area (Å²) in [5, 5.41) is 3.42. The van der Waals surface area contributed by atoms with Gasteiger partial charge in [-0.05, 0) is 22.0 Å². The van der Waals surface area contributed by atoms with Crippen molar-refractivity contribution in [1.29, 1.82) is 0 Å². The first-order valence-electron chi connectivity index (χ1n) is 9.48. The van der Waals surface area contributed by atoms with E-state index in [0.717, 1.165) is 29.2 Å². The number of benzene rings is 1. The smallest absolute Gasteiger partial charge is 0.294 e. The van der Waals surface area contributed by atoms with Crippen molar-refractivity contribution in [3.05, 3.63) is 65.6 Å². The third-order valence-corrected chi connectivity index (χ3v) is 5.18. The molecule has 3 heterocycles. The van der Waals surface area contributed by atoms with Gasteiger partial charge in [0.15, 0.2) is 11.8 Å². The van der Waals surface area contributed by atoms with E-state index in [-0.39, 0.29) is 17.2 Å². The number of allylic oxidation sites excluding steroid dienone is 2. The van der Waals surface area contributed by atoms with E-state index in [0.29, 0.717) is 12.2 Å². The molecule has 1 atom stereocenters. The minimum Gasteiger partial charge on any atom is -0.294 e. The Morgan fingerprint density at radius 3 is 2.48 bits per heavy atom. The summed E-state index contributed by atoms with van der Waals surface area (Å²) in [6.07, 6.45) is 5.05. The summed E-state index contributed by atoms with van der Waals surface area (Å²) < 4.78 is 37.9. The molecule has 1 aromatic carbocycles. The molecule has 2 aromatic heterocycles. The van der Waals surface area contributed by atoms with Crippen LogP contribution in [0.15, 0.2) is 60.1 Å². The molecule has 162 valence electrons. The predicted molar refractivity (Wildman–Crippen MR) is 96.4 cm³/mol. The van der Waals surface area contributed by atoms with Crippen LogP contribution in [0.2, 0.25) is 0 Å². The Morgan fingerprint density at radius 2 is 1.81 bits per heavy atom. The fraction of sp³-hybridized carbons (Fsp3) is 0.300. The number of rotatable bonds is 1. The fourth-order valence-electron chi connectivity index (χ4n) is 4.15. The van der Waals surface area contributed by atoms with Crippen LogP contribution in [0.5, 0.6) is 0 Å². The first kappa shape index (κ1) is 21.3. The molecule has 0 bridgehead atoms. The topological polar surface area (TPSA) is 155 Å². The monoisotopic (exact) mass is 445 g/mol. The number of nitrogens with zero attached hydrogens (tertiary/aromatic N) is 4. The Bertz CT molecular complexity index is 1160. The summed E-state index contributed by atoms with van der Waals surface area (Å²) in [6, 6.07) is 11.8. The zero-order valence-corrected chi connectivity index (χ0v) is 17.6. The van der Waals surface area contributed by atoms with Crippen LogP contribution >= 0.6 is 0 Å². The second-order valence-corrected chi connectivity index (χ2v) is 8.95. The molecule has 0 radical (unpaired) electrons. The Kier molecular flexibility index (Phi) is 5.28. The third kappa shape index (κ3) is 4.43. The molecule has 1 aliphatic heterocycles. The van der Waals surface area contributed by atoms with Crippen molar-refractivity contribution in [2.75, 3.05) is 5.32 Å². The highest BCUT2D eigenvalue weighted by atomic mass is 35.7. The van der Waals surface area contributed by atoms with Crippen LogP contribution in [0.3, 0.4) is 0 Å². The van der Waals surface area contributed by atoms with Gasteiger partial charge < -0.3 is 0 Å². The maximum atomic E-state index is 13.1. The van der Waals surface area contributed by atoms with E-state index in [1.165, 1.54) is 0 Å². The minimum absolute atomic E-state index is 0.0519. The lowest BCUT2D eigenvalue weighted by atomic mass is 9.73. The molecule has 0 saturated heterocycles. The average molecular weight is 446 g/mol. The maximum Gasteiger partial charge on any atom is 0.419 e. The van der Waals surface area contributed by atoms with Crippen molar-refractivity contribution in [3.8, 4) is 0 Å². The van der Waals surface area contributed by atoms with Gasteiger partial charge in [-0.1, -0.05) is 44.2 Å². The Labute approximate surface area is 179 Å². The number of Topliss-reactive ketones (excluding diaryl/α,β-unsaturated/α-hetero) is 1. The summed E-state index contributed by atoms with van der Waals surface area (Å²) >= 11 is 0. The number of carbonyl (C=O) groups excluding carboxylic acids is 1. The zero-order chi connectivity index (χ0) is 22.4. The van der Waals surface area contributed by atoms with Crippen molar-refractivity contribution in [2.24, 2.45) is 5.41 Å². The maximum absolute atomic E-state index is 13.1. The van der Waals surface area contributed by atoms with E-state index in [1.807, 2.05) is 39.7 Å². The summed E-state index contributed by atoms with van der Waals surface area (Å²) in [5.41, 5.74) is 2.86. The SMILES string of the molecule is CC1(C)CC(=O)C2=C(C1)Nc1nc3ncccn3[n+]1[C@H]2c1ccccc1.[O-][Cl+3]([O-])([O-])[O-]. The first-order valence-corrected chi connectivity index (χ1v) is 10.7. The van der Waals surface area contributed by atoms with Crippen molar-refractivity contribution in [1.82, 2.24) is 14.5 Å². The van der Waals surface area contributed by atoms with Gasteiger partial charge in [0.2, 0.25) is 0 Å². The van der Waals surface area contributed by atoms with Gasteiger partial charge in [0.1, 0.15) is 0 Å². The van der Waals surface area contributed by atoms with Crippen LogP contribution in [0.25, 0.3) is 5.78 Å². The van der Waals surface area contributed by atoms with E-state index in [1.54, 1.807) is 6.20 Å². The molecule has 1 N–H and O–H groups in total. The molecular formula is C20H20ClN5O5. The highest BCUT2D eigenvalue weighted by Gasteiger charge is 2.46. The molecule has 0 fully saturated rings. The van der Waals surface area contributed by atoms with Gasteiger partial charge in [-0.2, -0.15) is 4.52 Å². The predicted octanol–water partition coefficient (Wildman–Crippen LogP) is -2.08.